The van der Waals surface area contributed by atoms with Gasteiger partial charge in [-0.3, -0.25) is 4.79 Å². The molecule has 2 aliphatic rings. The Morgan fingerprint density at radius 2 is 2.15 bits per heavy atom. The maximum atomic E-state index is 11.3. The van der Waals surface area contributed by atoms with Gasteiger partial charge in [0.15, 0.2) is 0 Å². The van der Waals surface area contributed by atoms with E-state index in [1.165, 1.54) is 6.34 Å². The molecule has 2 rings (SSSR count). The molecule has 1 heterocycles. The Morgan fingerprint density at radius 1 is 1.38 bits per heavy atom. The fourth-order valence-electron chi connectivity index (χ4n) is 1.37. The fraction of sp³-hybridized carbons (Fsp3) is 0.300. The van der Waals surface area contributed by atoms with Gasteiger partial charge >= 0.3 is 0 Å². The van der Waals surface area contributed by atoms with Gasteiger partial charge in [-0.1, -0.05) is 26.0 Å². The highest BCUT2D eigenvalue weighted by molar-refractivity contribution is 6.30. The molecule has 0 radical (unpaired) electrons. The normalized spacial score (nSPS) is 23.7. The molecular weight excluding hydrogens is 164 g/mol. The summed E-state index contributed by atoms with van der Waals surface area (Å²) in [6, 6.07) is 0. The second-order valence-electron chi connectivity index (χ2n) is 3.78. The quantitative estimate of drug-likeness (QED) is 0.549. The predicted octanol–water partition coefficient (Wildman–Crippen LogP) is 1.52. The average molecular weight is 174 g/mol. The molecule has 0 spiro atoms. The molecule has 0 saturated carbocycles. The maximum absolute atomic E-state index is 11.3. The molecule has 13 heavy (non-hydrogen) atoms. The fourth-order valence-corrected chi connectivity index (χ4v) is 1.37. The lowest BCUT2D eigenvalue weighted by atomic mass is 9.84. The molecule has 0 fully saturated rings. The molecule has 1 amide bonds. The van der Waals surface area contributed by atoms with Crippen LogP contribution in [0, 0.1) is 5.41 Å². The molecular formula is C10H10N2O. The molecule has 0 aromatic rings. The summed E-state index contributed by atoms with van der Waals surface area (Å²) in [5.74, 6) is -0.192. The van der Waals surface area contributed by atoms with E-state index in [9.17, 15) is 4.79 Å². The van der Waals surface area contributed by atoms with Crippen LogP contribution in [0.3, 0.4) is 0 Å². The molecule has 66 valence electrons. The Bertz CT molecular complexity index is 384. The van der Waals surface area contributed by atoms with Crippen molar-refractivity contribution >= 4 is 18.0 Å². The first-order valence-electron chi connectivity index (χ1n) is 4.16. The topological polar surface area (TPSA) is 41.8 Å². The third-order valence-electron chi connectivity index (χ3n) is 2.07. The minimum atomic E-state index is -0.192. The molecule has 0 unspecified atom stereocenters. The zero-order valence-electron chi connectivity index (χ0n) is 7.61. The lowest BCUT2D eigenvalue weighted by molar-refractivity contribution is -0.113. The van der Waals surface area contributed by atoms with Crippen molar-refractivity contribution in [2.24, 2.45) is 15.4 Å². The third-order valence-corrected chi connectivity index (χ3v) is 2.07. The van der Waals surface area contributed by atoms with E-state index in [4.69, 9.17) is 0 Å². The summed E-state index contributed by atoms with van der Waals surface area (Å²) in [6.07, 6.45) is 7.11. The molecule has 0 atom stereocenters. The van der Waals surface area contributed by atoms with Gasteiger partial charge in [0.1, 0.15) is 6.34 Å². The summed E-state index contributed by atoms with van der Waals surface area (Å²) in [7, 11) is 0. The first-order valence-corrected chi connectivity index (χ1v) is 4.16. The van der Waals surface area contributed by atoms with E-state index in [1.54, 1.807) is 0 Å². The summed E-state index contributed by atoms with van der Waals surface area (Å²) >= 11 is 0. The summed E-state index contributed by atoms with van der Waals surface area (Å²) in [5, 5.41) is 0. The molecule has 0 N–H and O–H groups in total. The predicted molar refractivity (Wildman–Crippen MR) is 51.9 cm³/mol. The van der Waals surface area contributed by atoms with Gasteiger partial charge in [0.05, 0.1) is 11.3 Å². The average Bonchev–Trinajstić information content (AvgIpc) is 2.06. The molecule has 3 heteroatoms. The minimum absolute atomic E-state index is 0.0725. The standard InChI is InChI=1S/C10H10N2O/c1-10(2)4-3-8-7(5-10)9(13)12-6-11-8/h3-6H,1-2H3. The molecule has 0 saturated heterocycles. The number of allylic oxidation sites excluding steroid dienone is 3. The van der Waals surface area contributed by atoms with E-state index in [2.05, 4.69) is 9.98 Å². The van der Waals surface area contributed by atoms with Crippen molar-refractivity contribution in [3.63, 3.8) is 0 Å². The van der Waals surface area contributed by atoms with E-state index in [0.717, 1.165) is 5.71 Å². The van der Waals surface area contributed by atoms with Crippen molar-refractivity contribution < 1.29 is 4.79 Å². The number of rotatable bonds is 0. The molecule has 1 aliphatic heterocycles. The lowest BCUT2D eigenvalue weighted by Gasteiger charge is -2.22. The van der Waals surface area contributed by atoms with Crippen molar-refractivity contribution in [1.29, 1.82) is 0 Å². The van der Waals surface area contributed by atoms with Crippen molar-refractivity contribution in [2.45, 2.75) is 13.8 Å². The number of amides is 1. The second-order valence-corrected chi connectivity index (χ2v) is 3.78. The summed E-state index contributed by atoms with van der Waals surface area (Å²) in [6.45, 7) is 4.08. The largest absolute Gasteiger partial charge is 0.280 e. The number of hydrogen-bond donors (Lipinski definition) is 0. The summed E-state index contributed by atoms with van der Waals surface area (Å²) in [4.78, 5) is 19.0. The summed E-state index contributed by atoms with van der Waals surface area (Å²) in [5.41, 5.74) is 1.27. The van der Waals surface area contributed by atoms with E-state index in [1.807, 2.05) is 32.1 Å². The van der Waals surface area contributed by atoms with Gasteiger partial charge in [-0.2, -0.15) is 4.99 Å². The van der Waals surface area contributed by atoms with Gasteiger partial charge < -0.3 is 0 Å². The van der Waals surface area contributed by atoms with Gasteiger partial charge in [-0.25, -0.2) is 4.99 Å². The molecule has 0 aromatic carbocycles. The highest BCUT2D eigenvalue weighted by Crippen LogP contribution is 2.27. The highest BCUT2D eigenvalue weighted by atomic mass is 16.1. The Balaban J connectivity index is 2.50. The Morgan fingerprint density at radius 3 is 2.92 bits per heavy atom. The Labute approximate surface area is 76.6 Å². The number of carbonyl (C=O) groups is 1. The van der Waals surface area contributed by atoms with Crippen molar-refractivity contribution in [3.05, 3.63) is 23.8 Å². The number of nitrogens with zero attached hydrogens (tertiary/aromatic N) is 2. The summed E-state index contributed by atoms with van der Waals surface area (Å²) < 4.78 is 0. The van der Waals surface area contributed by atoms with Crippen LogP contribution < -0.4 is 0 Å². The molecule has 0 bridgehead atoms. The van der Waals surface area contributed by atoms with Crippen LogP contribution in [0.4, 0.5) is 0 Å². The van der Waals surface area contributed by atoms with Gasteiger partial charge in [0.2, 0.25) is 0 Å². The minimum Gasteiger partial charge on any atom is -0.267 e. The van der Waals surface area contributed by atoms with Crippen LogP contribution in [-0.4, -0.2) is 18.0 Å². The van der Waals surface area contributed by atoms with Crippen LogP contribution in [0.2, 0.25) is 0 Å². The highest BCUT2D eigenvalue weighted by Gasteiger charge is 2.24. The van der Waals surface area contributed by atoms with Crippen LogP contribution >= 0.6 is 0 Å². The van der Waals surface area contributed by atoms with E-state index < -0.39 is 0 Å². The number of fused-ring (bicyclic) bond motifs is 1. The zero-order chi connectivity index (χ0) is 9.47. The van der Waals surface area contributed by atoms with Crippen molar-refractivity contribution in [3.8, 4) is 0 Å². The Kier molecular flexibility index (Phi) is 1.55. The van der Waals surface area contributed by atoms with Gasteiger partial charge in [-0.05, 0) is 6.08 Å². The van der Waals surface area contributed by atoms with Crippen LogP contribution in [0.15, 0.2) is 33.8 Å². The van der Waals surface area contributed by atoms with Crippen LogP contribution in [-0.2, 0) is 4.79 Å². The van der Waals surface area contributed by atoms with Crippen LogP contribution in [0.5, 0.6) is 0 Å². The molecule has 3 nitrogen and oxygen atoms in total. The van der Waals surface area contributed by atoms with Crippen LogP contribution in [0.25, 0.3) is 0 Å². The number of aliphatic imine (C=N–C) groups is 2. The first kappa shape index (κ1) is 8.10. The van der Waals surface area contributed by atoms with Crippen LogP contribution in [0.1, 0.15) is 13.8 Å². The van der Waals surface area contributed by atoms with Gasteiger partial charge in [-0.15, -0.1) is 0 Å². The SMILES string of the molecule is CC1(C)C=CC2=NC=NC(=O)C2=C1. The number of carbonyl (C=O) groups excluding carboxylic acids is 1. The smallest absolute Gasteiger partial charge is 0.267 e. The third kappa shape index (κ3) is 1.37. The van der Waals surface area contributed by atoms with Crippen molar-refractivity contribution in [2.75, 3.05) is 0 Å². The maximum Gasteiger partial charge on any atom is 0.280 e. The van der Waals surface area contributed by atoms with Gasteiger partial charge in [0, 0.05) is 5.41 Å². The van der Waals surface area contributed by atoms with Gasteiger partial charge in [0.25, 0.3) is 5.91 Å². The lowest BCUT2D eigenvalue weighted by Crippen LogP contribution is -2.21. The monoisotopic (exact) mass is 174 g/mol. The van der Waals surface area contributed by atoms with E-state index >= 15 is 0 Å². The Hall–Kier alpha value is -1.51. The van der Waals surface area contributed by atoms with Crippen molar-refractivity contribution in [1.82, 2.24) is 0 Å². The second kappa shape index (κ2) is 2.49. The number of hydrogen-bond acceptors (Lipinski definition) is 2. The first-order chi connectivity index (χ1) is 6.08. The van der Waals surface area contributed by atoms with E-state index in [-0.39, 0.29) is 11.3 Å². The molecule has 1 aliphatic carbocycles. The van der Waals surface area contributed by atoms with E-state index in [0.29, 0.717) is 5.57 Å². The molecule has 0 aromatic heterocycles. The zero-order valence-corrected chi connectivity index (χ0v) is 7.61.